The van der Waals surface area contributed by atoms with E-state index in [1.54, 1.807) is 12.1 Å². The molecule has 2 heterocycles. The summed E-state index contributed by atoms with van der Waals surface area (Å²) in [7, 11) is 0. The van der Waals surface area contributed by atoms with Crippen LogP contribution in [0.15, 0.2) is 53.1 Å². The maximum absolute atomic E-state index is 12.6. The van der Waals surface area contributed by atoms with Crippen LogP contribution in [0.3, 0.4) is 0 Å². The monoisotopic (exact) mass is 367 g/mol. The second-order valence-corrected chi connectivity index (χ2v) is 6.79. The number of benzene rings is 2. The highest BCUT2D eigenvalue weighted by atomic mass is 35.5. The number of nitrogens with zero attached hydrogens (tertiary/aromatic N) is 3. The van der Waals surface area contributed by atoms with Crippen molar-refractivity contribution in [2.45, 2.75) is 25.7 Å². The first-order valence-corrected chi connectivity index (χ1v) is 9.01. The number of para-hydroxylation sites is 1. The van der Waals surface area contributed by atoms with E-state index in [9.17, 15) is 4.79 Å². The highest BCUT2D eigenvalue weighted by molar-refractivity contribution is 6.30. The summed E-state index contributed by atoms with van der Waals surface area (Å²) in [5, 5.41) is 4.67. The quantitative estimate of drug-likeness (QED) is 0.682. The van der Waals surface area contributed by atoms with Crippen LogP contribution in [0.2, 0.25) is 5.02 Å². The summed E-state index contributed by atoms with van der Waals surface area (Å²) in [6.45, 7) is 2.64. The van der Waals surface area contributed by atoms with Gasteiger partial charge in [0.05, 0.1) is 5.92 Å². The van der Waals surface area contributed by atoms with Gasteiger partial charge in [0, 0.05) is 29.2 Å². The highest BCUT2D eigenvalue weighted by Crippen LogP contribution is 2.33. The Hall–Kier alpha value is -2.66. The molecule has 1 aromatic heterocycles. The molecular formula is C20H18ClN3O2. The molecule has 1 fully saturated rings. The van der Waals surface area contributed by atoms with Crippen LogP contribution >= 0.6 is 11.6 Å². The van der Waals surface area contributed by atoms with Gasteiger partial charge in [-0.3, -0.25) is 4.79 Å². The molecule has 3 aromatic rings. The van der Waals surface area contributed by atoms with Crippen molar-refractivity contribution < 1.29 is 9.32 Å². The van der Waals surface area contributed by atoms with Crippen molar-refractivity contribution in [3.63, 3.8) is 0 Å². The van der Waals surface area contributed by atoms with E-state index in [-0.39, 0.29) is 11.8 Å². The number of carbonyl (C=O) groups excluding carboxylic acids is 1. The second-order valence-electron chi connectivity index (χ2n) is 6.35. The van der Waals surface area contributed by atoms with Crippen molar-refractivity contribution in [1.29, 1.82) is 0 Å². The number of rotatable bonds is 4. The summed E-state index contributed by atoms with van der Waals surface area (Å²) in [5.74, 6) is 0.957. The van der Waals surface area contributed by atoms with E-state index in [4.69, 9.17) is 16.1 Å². The van der Waals surface area contributed by atoms with E-state index in [0.29, 0.717) is 29.7 Å². The molecule has 0 N–H and O–H groups in total. The summed E-state index contributed by atoms with van der Waals surface area (Å²) in [6, 6.07) is 15.3. The van der Waals surface area contributed by atoms with Crippen LogP contribution < -0.4 is 4.90 Å². The van der Waals surface area contributed by atoms with Crippen molar-refractivity contribution in [3.05, 3.63) is 65.0 Å². The van der Waals surface area contributed by atoms with Crippen molar-refractivity contribution in [2.24, 2.45) is 0 Å². The molecule has 0 aliphatic carbocycles. The van der Waals surface area contributed by atoms with E-state index in [0.717, 1.165) is 23.2 Å². The molecule has 1 saturated heterocycles. The standard InChI is InChI=1S/C20H18ClN3O2/c1-2-13-6-3-4-9-17(13)24-12-15(11-18(24)25)20-22-19(23-26-20)14-7-5-8-16(21)10-14/h3-10,15H,2,11-12H2,1H3. The van der Waals surface area contributed by atoms with Crippen LogP contribution in [0.25, 0.3) is 11.4 Å². The Bertz CT molecular complexity index is 953. The number of hydrogen-bond donors (Lipinski definition) is 0. The first kappa shape index (κ1) is 16.8. The van der Waals surface area contributed by atoms with E-state index in [1.807, 2.05) is 35.2 Å². The lowest BCUT2D eigenvalue weighted by Gasteiger charge is -2.19. The lowest BCUT2D eigenvalue weighted by Crippen LogP contribution is -2.25. The maximum atomic E-state index is 12.6. The predicted octanol–water partition coefficient (Wildman–Crippen LogP) is 4.47. The third kappa shape index (κ3) is 3.10. The molecule has 5 nitrogen and oxygen atoms in total. The number of carbonyl (C=O) groups is 1. The molecule has 6 heteroatoms. The number of amides is 1. The third-order valence-corrected chi connectivity index (χ3v) is 4.90. The second kappa shape index (κ2) is 6.92. The topological polar surface area (TPSA) is 59.2 Å². The molecule has 0 saturated carbocycles. The average molecular weight is 368 g/mol. The lowest BCUT2D eigenvalue weighted by molar-refractivity contribution is -0.117. The first-order valence-electron chi connectivity index (χ1n) is 8.63. The van der Waals surface area contributed by atoms with E-state index in [2.05, 4.69) is 23.1 Å². The van der Waals surface area contributed by atoms with Crippen LogP contribution in [0.4, 0.5) is 5.69 Å². The summed E-state index contributed by atoms with van der Waals surface area (Å²) in [6.07, 6.45) is 1.25. The van der Waals surface area contributed by atoms with Gasteiger partial charge in [-0.05, 0) is 30.2 Å². The van der Waals surface area contributed by atoms with Crippen LogP contribution in [0, 0.1) is 0 Å². The van der Waals surface area contributed by atoms with Gasteiger partial charge in [-0.15, -0.1) is 0 Å². The fraction of sp³-hybridized carbons (Fsp3) is 0.250. The summed E-state index contributed by atoms with van der Waals surface area (Å²) < 4.78 is 5.45. The Morgan fingerprint density at radius 1 is 1.23 bits per heavy atom. The first-order chi connectivity index (χ1) is 12.7. The Labute approximate surface area is 156 Å². The number of halogens is 1. The van der Waals surface area contributed by atoms with Gasteiger partial charge in [0.25, 0.3) is 0 Å². The Kier molecular flexibility index (Phi) is 4.47. The molecule has 26 heavy (non-hydrogen) atoms. The molecule has 132 valence electrons. The van der Waals surface area contributed by atoms with Crippen molar-refractivity contribution in [3.8, 4) is 11.4 Å². The van der Waals surface area contributed by atoms with Gasteiger partial charge >= 0.3 is 0 Å². The van der Waals surface area contributed by atoms with E-state index in [1.165, 1.54) is 0 Å². The molecule has 4 rings (SSSR count). The highest BCUT2D eigenvalue weighted by Gasteiger charge is 2.35. The van der Waals surface area contributed by atoms with Crippen molar-refractivity contribution in [1.82, 2.24) is 10.1 Å². The fourth-order valence-corrected chi connectivity index (χ4v) is 3.52. The van der Waals surface area contributed by atoms with Crippen LogP contribution in [0.5, 0.6) is 0 Å². The fourth-order valence-electron chi connectivity index (χ4n) is 3.32. The number of aromatic nitrogens is 2. The molecule has 1 atom stereocenters. The maximum Gasteiger partial charge on any atom is 0.232 e. The molecule has 0 spiro atoms. The zero-order chi connectivity index (χ0) is 18.1. The number of aryl methyl sites for hydroxylation is 1. The van der Waals surface area contributed by atoms with Crippen molar-refractivity contribution >= 4 is 23.2 Å². The zero-order valence-corrected chi connectivity index (χ0v) is 15.1. The Morgan fingerprint density at radius 3 is 2.88 bits per heavy atom. The van der Waals surface area contributed by atoms with Gasteiger partial charge in [-0.1, -0.05) is 54.0 Å². The predicted molar refractivity (Wildman–Crippen MR) is 100 cm³/mol. The van der Waals surface area contributed by atoms with Crippen LogP contribution in [-0.2, 0) is 11.2 Å². The van der Waals surface area contributed by atoms with Gasteiger partial charge < -0.3 is 9.42 Å². The minimum atomic E-state index is -0.104. The number of hydrogen-bond acceptors (Lipinski definition) is 4. The van der Waals surface area contributed by atoms with Crippen LogP contribution in [-0.4, -0.2) is 22.6 Å². The third-order valence-electron chi connectivity index (χ3n) is 4.66. The minimum absolute atomic E-state index is 0.0819. The molecular weight excluding hydrogens is 350 g/mol. The van der Waals surface area contributed by atoms with Gasteiger partial charge in [-0.2, -0.15) is 4.98 Å². The average Bonchev–Trinajstić information content (AvgIpc) is 3.28. The Morgan fingerprint density at radius 2 is 2.08 bits per heavy atom. The van der Waals surface area contributed by atoms with Gasteiger partial charge in [0.15, 0.2) is 0 Å². The van der Waals surface area contributed by atoms with Gasteiger partial charge in [0.2, 0.25) is 17.6 Å². The number of anilines is 1. The SMILES string of the molecule is CCc1ccccc1N1CC(c2nc(-c3cccc(Cl)c3)no2)CC1=O. The van der Waals surface area contributed by atoms with Gasteiger partial charge in [-0.25, -0.2) is 0 Å². The van der Waals surface area contributed by atoms with Crippen LogP contribution in [0.1, 0.15) is 30.7 Å². The minimum Gasteiger partial charge on any atom is -0.339 e. The van der Waals surface area contributed by atoms with Gasteiger partial charge in [0.1, 0.15) is 0 Å². The summed E-state index contributed by atoms with van der Waals surface area (Å²) in [4.78, 5) is 18.9. The molecule has 1 aliphatic heterocycles. The van der Waals surface area contributed by atoms with E-state index < -0.39 is 0 Å². The summed E-state index contributed by atoms with van der Waals surface area (Å²) >= 11 is 6.03. The summed E-state index contributed by atoms with van der Waals surface area (Å²) in [5.41, 5.74) is 2.92. The normalized spacial score (nSPS) is 17.1. The lowest BCUT2D eigenvalue weighted by atomic mass is 10.1. The molecule has 0 radical (unpaired) electrons. The molecule has 2 aromatic carbocycles. The molecule has 1 unspecified atom stereocenters. The Balaban J connectivity index is 1.58. The smallest absolute Gasteiger partial charge is 0.232 e. The molecule has 1 aliphatic rings. The van der Waals surface area contributed by atoms with Crippen molar-refractivity contribution in [2.75, 3.05) is 11.4 Å². The van der Waals surface area contributed by atoms with E-state index >= 15 is 0 Å². The largest absolute Gasteiger partial charge is 0.339 e. The molecule has 1 amide bonds. The molecule has 0 bridgehead atoms. The zero-order valence-electron chi connectivity index (χ0n) is 14.4.